The predicted molar refractivity (Wildman–Crippen MR) is 203 cm³/mol. The van der Waals surface area contributed by atoms with Crippen molar-refractivity contribution in [2.24, 2.45) is 11.1 Å². The van der Waals surface area contributed by atoms with Gasteiger partial charge in [0, 0.05) is 53.2 Å². The molecule has 0 aliphatic carbocycles. The molecule has 4 N–H and O–H groups in total. The Labute approximate surface area is 325 Å². The molecule has 54 heavy (non-hydrogen) atoms. The fourth-order valence-electron chi connectivity index (χ4n) is 6.90. The van der Waals surface area contributed by atoms with Crippen LogP contribution in [0.2, 0.25) is 10.0 Å². The summed E-state index contributed by atoms with van der Waals surface area (Å²) in [4.78, 5) is 27.4. The monoisotopic (exact) mass is 788 g/mol. The molecule has 1 aliphatic heterocycles. The van der Waals surface area contributed by atoms with Crippen LogP contribution in [0.3, 0.4) is 0 Å². The van der Waals surface area contributed by atoms with E-state index in [2.05, 4.69) is 16.7 Å². The summed E-state index contributed by atoms with van der Waals surface area (Å²) in [5, 5.41) is 17.2. The molecule has 4 atom stereocenters. The molecule has 1 saturated heterocycles. The Morgan fingerprint density at radius 2 is 1.67 bits per heavy atom. The summed E-state index contributed by atoms with van der Waals surface area (Å²) in [6.45, 7) is 8.98. The number of nitriles is 1. The maximum absolute atomic E-state index is 16.0. The first-order chi connectivity index (χ1) is 25.8. The molecule has 14 heteroatoms. The van der Waals surface area contributed by atoms with Crippen molar-refractivity contribution in [1.29, 1.82) is 5.26 Å². The van der Waals surface area contributed by atoms with Crippen LogP contribution < -0.4 is 21.1 Å². The number of Topliss-reactive ketones (excluding diaryl/α,β-unsaturated/α-hetero) is 1. The fourth-order valence-corrected chi connectivity index (χ4v) is 7.24. The molecule has 1 aliphatic rings. The number of ketones is 1. The summed E-state index contributed by atoms with van der Waals surface area (Å²) in [5.41, 5.74) is 3.98. The van der Waals surface area contributed by atoms with Gasteiger partial charge in [0.2, 0.25) is 0 Å². The van der Waals surface area contributed by atoms with Crippen LogP contribution in [0.5, 0.6) is 5.75 Å². The number of halogens is 4. The molecule has 1 fully saturated rings. The molecule has 1 amide bonds. The van der Waals surface area contributed by atoms with Gasteiger partial charge in [-0.25, -0.2) is 8.78 Å². The first-order valence-corrected chi connectivity index (χ1v) is 18.5. The Kier molecular flexibility index (Phi) is 15.8. The lowest BCUT2D eigenvalue weighted by Gasteiger charge is -2.37. The minimum atomic E-state index is -1.75. The zero-order valence-corrected chi connectivity index (χ0v) is 32.5. The van der Waals surface area contributed by atoms with E-state index in [0.717, 1.165) is 6.07 Å². The molecule has 0 saturated carbocycles. The molecule has 0 bridgehead atoms. The largest absolute Gasteiger partial charge is 0.496 e. The maximum Gasteiger partial charge on any atom is 0.251 e. The van der Waals surface area contributed by atoms with Gasteiger partial charge in [-0.1, -0.05) is 68.2 Å². The molecule has 10 nitrogen and oxygen atoms in total. The van der Waals surface area contributed by atoms with Crippen molar-refractivity contribution in [3.05, 3.63) is 98.5 Å². The molecule has 1 heterocycles. The van der Waals surface area contributed by atoms with Crippen molar-refractivity contribution in [3.8, 4) is 11.8 Å². The van der Waals surface area contributed by atoms with Gasteiger partial charge in [0.05, 0.1) is 63.9 Å². The van der Waals surface area contributed by atoms with Crippen LogP contribution in [0.1, 0.15) is 60.2 Å². The first-order valence-electron chi connectivity index (χ1n) is 17.7. The van der Waals surface area contributed by atoms with Gasteiger partial charge in [-0.3, -0.25) is 9.59 Å². The predicted octanol–water partition coefficient (Wildman–Crippen LogP) is 6.15. The normalized spacial score (nSPS) is 19.7. The number of carbonyl (C=O) groups excluding carboxylic acids is 2. The van der Waals surface area contributed by atoms with E-state index < -0.39 is 46.2 Å². The van der Waals surface area contributed by atoms with E-state index in [1.54, 1.807) is 12.1 Å². The van der Waals surface area contributed by atoms with E-state index >= 15 is 8.78 Å². The molecule has 0 unspecified atom stereocenters. The van der Waals surface area contributed by atoms with E-state index in [0.29, 0.717) is 57.1 Å². The smallest absolute Gasteiger partial charge is 0.251 e. The summed E-state index contributed by atoms with van der Waals surface area (Å²) in [6.07, 6.45) is 0.130. The number of nitrogens with one attached hydrogen (secondary N) is 2. The van der Waals surface area contributed by atoms with Gasteiger partial charge < -0.3 is 35.3 Å². The van der Waals surface area contributed by atoms with Crippen molar-refractivity contribution >= 4 is 34.9 Å². The number of hydrogen-bond acceptors (Lipinski definition) is 9. The van der Waals surface area contributed by atoms with Gasteiger partial charge in [-0.05, 0) is 47.7 Å². The molecule has 0 radical (unpaired) electrons. The average molecular weight is 790 g/mol. The third kappa shape index (κ3) is 10.5. The second-order valence-corrected chi connectivity index (χ2v) is 15.1. The van der Waals surface area contributed by atoms with Crippen molar-refractivity contribution in [1.82, 2.24) is 10.6 Å². The highest BCUT2D eigenvalue weighted by Gasteiger charge is 2.61. The zero-order chi connectivity index (χ0) is 39.5. The number of nitrogens with zero attached hydrogens (tertiary/aromatic N) is 1. The van der Waals surface area contributed by atoms with Crippen LogP contribution in [0, 0.1) is 28.4 Å². The van der Waals surface area contributed by atoms with E-state index in [-0.39, 0.29) is 52.4 Å². The van der Waals surface area contributed by atoms with Crippen molar-refractivity contribution < 1.29 is 37.3 Å². The lowest BCUT2D eigenvalue weighted by Crippen LogP contribution is -2.44. The van der Waals surface area contributed by atoms with Crippen molar-refractivity contribution in [2.45, 2.75) is 57.0 Å². The quantitative estimate of drug-likeness (QED) is 0.122. The van der Waals surface area contributed by atoms with Crippen LogP contribution in [-0.4, -0.2) is 83.6 Å². The molecule has 292 valence electrons. The second kappa shape index (κ2) is 19.8. The van der Waals surface area contributed by atoms with Crippen LogP contribution in [-0.2, 0) is 30.8 Å². The average Bonchev–Trinajstić information content (AvgIpc) is 3.44. The lowest BCUT2D eigenvalue weighted by molar-refractivity contribution is -0.120. The number of ether oxygens (including phenoxy) is 4. The Balaban J connectivity index is 1.57. The number of hydrogen-bond donors (Lipinski definition) is 3. The summed E-state index contributed by atoms with van der Waals surface area (Å²) in [6, 6.07) is 13.5. The highest BCUT2D eigenvalue weighted by molar-refractivity contribution is 6.31. The molecular weight excluding hydrogens is 741 g/mol. The number of amides is 1. The topological polar surface area (TPSA) is 145 Å². The van der Waals surface area contributed by atoms with Gasteiger partial charge >= 0.3 is 0 Å². The lowest BCUT2D eigenvalue weighted by atomic mass is 9.62. The first kappa shape index (κ1) is 43.1. The highest BCUT2D eigenvalue weighted by Crippen LogP contribution is 2.53. The van der Waals surface area contributed by atoms with E-state index in [4.69, 9.17) is 47.9 Å². The number of carbonyl (C=O) groups is 2. The fraction of sp³-hybridized carbons (Fsp3) is 0.475. The van der Waals surface area contributed by atoms with Crippen LogP contribution in [0.25, 0.3) is 0 Å². The van der Waals surface area contributed by atoms with Crippen molar-refractivity contribution in [2.75, 3.05) is 59.8 Å². The van der Waals surface area contributed by atoms with Crippen LogP contribution in [0.15, 0.2) is 54.6 Å². The minimum Gasteiger partial charge on any atom is -0.496 e. The van der Waals surface area contributed by atoms with E-state index in [9.17, 15) is 14.9 Å². The number of methoxy groups -OCH3 is 1. The number of nitrogens with two attached hydrogens (primary N) is 1. The van der Waals surface area contributed by atoms with Gasteiger partial charge in [0.1, 0.15) is 22.8 Å². The Morgan fingerprint density at radius 1 is 0.981 bits per heavy atom. The van der Waals surface area contributed by atoms with Gasteiger partial charge in [0.15, 0.2) is 5.78 Å². The van der Waals surface area contributed by atoms with Crippen LogP contribution in [0.4, 0.5) is 8.78 Å². The Bertz CT molecular complexity index is 1800. The summed E-state index contributed by atoms with van der Waals surface area (Å²) in [7, 11) is 1.42. The third-order valence-electron chi connectivity index (χ3n) is 9.25. The maximum atomic E-state index is 16.0. The summed E-state index contributed by atoms with van der Waals surface area (Å²) < 4.78 is 53.7. The standard InChI is InChI=1S/C40H48Cl2F2N4O6/c1-39(2,3)23-34-40(24-46,29-11-10-27(41)22-31(29)43)35(28-6-5-7-30(42)36(28)44)37(48-34)32(49)20-25-8-9-26(21-33(25)51-4)38(50)47-13-15-53-17-19-54-18-16-52-14-12-45/h5-11,21-22,34-35,37,48H,12-20,23,45H2,1-4H3,(H,47,50)/t34-,35-,37-,40-/m0/s1. The Hall–Kier alpha value is -3.67. The number of benzene rings is 3. The summed E-state index contributed by atoms with van der Waals surface area (Å²) in [5.74, 6) is -3.23. The third-order valence-corrected chi connectivity index (χ3v) is 9.78. The van der Waals surface area contributed by atoms with Gasteiger partial charge in [-0.2, -0.15) is 5.26 Å². The summed E-state index contributed by atoms with van der Waals surface area (Å²) >= 11 is 12.4. The second-order valence-electron chi connectivity index (χ2n) is 14.2. The molecular formula is C40H48Cl2F2N4O6. The highest BCUT2D eigenvalue weighted by atomic mass is 35.5. The zero-order valence-electron chi connectivity index (χ0n) is 31.0. The molecule has 0 spiro atoms. The molecule has 4 rings (SSSR count). The number of rotatable bonds is 19. The van der Waals surface area contributed by atoms with E-state index in [1.165, 1.54) is 43.5 Å². The molecule has 3 aromatic carbocycles. The van der Waals surface area contributed by atoms with Crippen LogP contribution >= 0.6 is 23.2 Å². The van der Waals surface area contributed by atoms with Gasteiger partial charge in [0.25, 0.3) is 5.91 Å². The SMILES string of the molecule is COc1cc(C(=O)NCCOCCOCCOCCN)ccc1CC(=O)[C@@H]1N[C@@H](CC(C)(C)C)[C@](C#N)(c2ccc(Cl)cc2F)[C@H]1c1cccc(Cl)c1F. The van der Waals surface area contributed by atoms with Gasteiger partial charge in [-0.15, -0.1) is 0 Å². The van der Waals surface area contributed by atoms with E-state index in [1.807, 2.05) is 20.8 Å². The minimum absolute atomic E-state index is 0.00377. The Morgan fingerprint density at radius 3 is 2.30 bits per heavy atom. The van der Waals surface area contributed by atoms with Crippen molar-refractivity contribution in [3.63, 3.8) is 0 Å². The molecule has 0 aromatic heterocycles. The molecule has 3 aromatic rings.